The highest BCUT2D eigenvalue weighted by atomic mass is 32.2. The van der Waals surface area contributed by atoms with Gasteiger partial charge in [-0.3, -0.25) is 4.79 Å². The number of fused-ring (bicyclic) bond motifs is 1. The first-order valence-electron chi connectivity index (χ1n) is 11.2. The van der Waals surface area contributed by atoms with Crippen LogP contribution < -0.4 is 14.4 Å². The number of carboxylic acids is 2. The van der Waals surface area contributed by atoms with Crippen molar-refractivity contribution in [1.29, 1.82) is 0 Å². The number of rotatable bonds is 10. The van der Waals surface area contributed by atoms with E-state index in [1.165, 1.54) is 5.56 Å². The maximum absolute atomic E-state index is 12.7. The van der Waals surface area contributed by atoms with E-state index in [4.69, 9.17) is 19.7 Å². The number of carbonyl (C=O) groups excluding carboxylic acids is 1. The van der Waals surface area contributed by atoms with Crippen LogP contribution in [0.3, 0.4) is 0 Å². The fourth-order valence-corrected chi connectivity index (χ4v) is 4.27. The lowest BCUT2D eigenvalue weighted by atomic mass is 10.1. The monoisotopic (exact) mass is 517 g/mol. The predicted octanol–water partition coefficient (Wildman–Crippen LogP) is 2.81. The van der Waals surface area contributed by atoms with Gasteiger partial charge < -0.3 is 29.5 Å². The molecule has 1 aliphatic heterocycles. The second kappa shape index (κ2) is 14.7. The Bertz CT molecular complexity index is 1060. The fourth-order valence-electron chi connectivity index (χ4n) is 3.34. The molecule has 2 aromatic rings. The molecule has 2 heterocycles. The molecule has 0 bridgehead atoms. The molecule has 36 heavy (non-hydrogen) atoms. The molecule has 0 spiro atoms. The quantitative estimate of drug-likeness (QED) is 0.454. The Hall–Kier alpha value is -3.57. The molecular weight excluding hydrogens is 486 g/mol. The summed E-state index contributed by atoms with van der Waals surface area (Å²) in [4.78, 5) is 40.3. The second-order valence-electron chi connectivity index (χ2n) is 7.72. The van der Waals surface area contributed by atoms with E-state index in [1.54, 1.807) is 32.2 Å². The number of hydrogen-bond donors (Lipinski definition) is 2. The Balaban J connectivity index is 0.000000493. The van der Waals surface area contributed by atoms with Gasteiger partial charge in [-0.2, -0.15) is 0 Å². The summed E-state index contributed by atoms with van der Waals surface area (Å²) < 4.78 is 10.6. The molecule has 1 aliphatic rings. The van der Waals surface area contributed by atoms with Gasteiger partial charge in [0.05, 0.1) is 19.9 Å². The normalized spacial score (nSPS) is 12.5. The first-order chi connectivity index (χ1) is 17.2. The highest BCUT2D eigenvalue weighted by molar-refractivity contribution is 7.99. The average Bonchev–Trinajstić information content (AvgIpc) is 2.89. The molecule has 0 unspecified atom stereocenters. The van der Waals surface area contributed by atoms with Gasteiger partial charge in [0.25, 0.3) is 0 Å². The molecular formula is C25H31N3O7S. The van der Waals surface area contributed by atoms with Gasteiger partial charge >= 0.3 is 11.9 Å². The maximum Gasteiger partial charge on any atom is 0.328 e. The zero-order chi connectivity index (χ0) is 26.5. The number of thioether (sulfide) groups is 1. The Morgan fingerprint density at radius 1 is 1.08 bits per heavy atom. The molecule has 0 radical (unpaired) electrons. The van der Waals surface area contributed by atoms with Gasteiger partial charge in [0, 0.05) is 50.2 Å². The number of pyridine rings is 1. The number of likely N-dealkylation sites (N-methyl/N-ethyl adjacent to an activating group) is 1. The number of anilines is 1. The van der Waals surface area contributed by atoms with Crippen LogP contribution in [0.15, 0.2) is 53.7 Å². The standard InChI is InChI=1S/C21H27N3O3S.C4H4O4/c1-23(11-8-16-6-7-18(26-2)19(15-16)27-3)12-9-20(25)24-13-14-28-21-17(24)5-4-10-22-21;5-3(6)1-2-4(7)8/h4-7,10,15H,8-9,11-14H2,1-3H3;1-2H,(H,5,6)(H,7,8)/b;2-1+. The number of nitrogens with zero attached hydrogens (tertiary/aromatic N) is 3. The largest absolute Gasteiger partial charge is 0.493 e. The lowest BCUT2D eigenvalue weighted by molar-refractivity contribution is -0.134. The summed E-state index contributed by atoms with van der Waals surface area (Å²) in [5, 5.41) is 16.6. The van der Waals surface area contributed by atoms with Crippen LogP contribution in [0.5, 0.6) is 11.5 Å². The summed E-state index contributed by atoms with van der Waals surface area (Å²) in [6.07, 6.45) is 4.28. The van der Waals surface area contributed by atoms with Crippen molar-refractivity contribution in [3.8, 4) is 11.5 Å². The Morgan fingerprint density at radius 3 is 2.42 bits per heavy atom. The molecule has 2 N–H and O–H groups in total. The molecule has 0 fully saturated rings. The van der Waals surface area contributed by atoms with E-state index in [0.717, 1.165) is 54.0 Å². The average molecular weight is 518 g/mol. The molecule has 0 saturated carbocycles. The molecule has 1 aromatic carbocycles. The number of carboxylic acid groups (broad SMARTS) is 2. The molecule has 0 saturated heterocycles. The Labute approximate surface area is 214 Å². The van der Waals surface area contributed by atoms with E-state index < -0.39 is 11.9 Å². The molecule has 0 atom stereocenters. The Morgan fingerprint density at radius 2 is 1.78 bits per heavy atom. The summed E-state index contributed by atoms with van der Waals surface area (Å²) in [5.41, 5.74) is 2.13. The maximum atomic E-state index is 12.7. The van der Waals surface area contributed by atoms with E-state index in [9.17, 15) is 14.4 Å². The number of aromatic nitrogens is 1. The van der Waals surface area contributed by atoms with Crippen LogP contribution in [-0.4, -0.2) is 84.6 Å². The summed E-state index contributed by atoms with van der Waals surface area (Å²) >= 11 is 1.71. The van der Waals surface area contributed by atoms with Gasteiger partial charge in [-0.25, -0.2) is 14.6 Å². The molecule has 11 heteroatoms. The topological polar surface area (TPSA) is 130 Å². The van der Waals surface area contributed by atoms with Crippen LogP contribution >= 0.6 is 11.8 Å². The van der Waals surface area contributed by atoms with Crippen LogP contribution in [0.2, 0.25) is 0 Å². The minimum atomic E-state index is -1.26. The summed E-state index contributed by atoms with van der Waals surface area (Å²) in [7, 11) is 5.33. The van der Waals surface area contributed by atoms with E-state index in [0.29, 0.717) is 18.6 Å². The molecule has 1 amide bonds. The third-order valence-corrected chi connectivity index (χ3v) is 6.18. The summed E-state index contributed by atoms with van der Waals surface area (Å²) in [6.45, 7) is 2.35. The van der Waals surface area contributed by atoms with Gasteiger partial charge in [-0.05, 0) is 43.3 Å². The summed E-state index contributed by atoms with van der Waals surface area (Å²) in [5.74, 6) is 0.0188. The van der Waals surface area contributed by atoms with Crippen LogP contribution in [-0.2, 0) is 20.8 Å². The van der Waals surface area contributed by atoms with Gasteiger partial charge in [-0.15, -0.1) is 11.8 Å². The number of aliphatic carboxylic acids is 2. The van der Waals surface area contributed by atoms with Gasteiger partial charge in [0.2, 0.25) is 5.91 Å². The second-order valence-corrected chi connectivity index (χ2v) is 8.81. The SMILES string of the molecule is COc1ccc(CCN(C)CCC(=O)N2CCSc3ncccc32)cc1OC.O=C(O)/C=C/C(=O)O. The molecule has 1 aromatic heterocycles. The van der Waals surface area contributed by atoms with Gasteiger partial charge in [0.15, 0.2) is 11.5 Å². The van der Waals surface area contributed by atoms with E-state index >= 15 is 0 Å². The Kier molecular flexibility index (Phi) is 11.7. The van der Waals surface area contributed by atoms with Gasteiger partial charge in [-0.1, -0.05) is 6.07 Å². The van der Waals surface area contributed by atoms with Crippen molar-refractivity contribution in [2.24, 2.45) is 0 Å². The molecule has 3 rings (SSSR count). The van der Waals surface area contributed by atoms with Crippen molar-refractivity contribution in [2.75, 3.05) is 51.6 Å². The van der Waals surface area contributed by atoms with Crippen molar-refractivity contribution in [1.82, 2.24) is 9.88 Å². The van der Waals surface area contributed by atoms with Crippen molar-refractivity contribution in [2.45, 2.75) is 17.9 Å². The molecule has 10 nitrogen and oxygen atoms in total. The van der Waals surface area contributed by atoms with Crippen molar-refractivity contribution in [3.63, 3.8) is 0 Å². The summed E-state index contributed by atoms with van der Waals surface area (Å²) in [6, 6.07) is 9.85. The lowest BCUT2D eigenvalue weighted by Gasteiger charge is -2.28. The minimum Gasteiger partial charge on any atom is -0.493 e. The fraction of sp³-hybridized carbons (Fsp3) is 0.360. The highest BCUT2D eigenvalue weighted by Gasteiger charge is 2.23. The van der Waals surface area contributed by atoms with Crippen LogP contribution in [0, 0.1) is 0 Å². The first kappa shape index (κ1) is 28.7. The zero-order valence-electron chi connectivity index (χ0n) is 20.5. The molecule has 194 valence electrons. The first-order valence-corrected chi connectivity index (χ1v) is 12.1. The highest BCUT2D eigenvalue weighted by Crippen LogP contribution is 2.32. The van der Waals surface area contributed by atoms with Gasteiger partial charge in [0.1, 0.15) is 5.03 Å². The van der Waals surface area contributed by atoms with Crippen LogP contribution in [0.1, 0.15) is 12.0 Å². The smallest absolute Gasteiger partial charge is 0.328 e. The lowest BCUT2D eigenvalue weighted by Crippen LogP contribution is -2.37. The van der Waals surface area contributed by atoms with E-state index in [-0.39, 0.29) is 5.91 Å². The number of hydrogen-bond acceptors (Lipinski definition) is 8. The third-order valence-electron chi connectivity index (χ3n) is 5.20. The van der Waals surface area contributed by atoms with Crippen molar-refractivity contribution < 1.29 is 34.1 Å². The third kappa shape index (κ3) is 9.23. The molecule has 0 aliphatic carbocycles. The number of methoxy groups -OCH3 is 2. The predicted molar refractivity (Wildman–Crippen MR) is 137 cm³/mol. The number of ether oxygens (including phenoxy) is 2. The van der Waals surface area contributed by atoms with E-state index in [2.05, 4.69) is 23.0 Å². The zero-order valence-corrected chi connectivity index (χ0v) is 21.4. The van der Waals surface area contributed by atoms with Crippen molar-refractivity contribution in [3.05, 3.63) is 54.2 Å². The van der Waals surface area contributed by atoms with Crippen LogP contribution in [0.4, 0.5) is 5.69 Å². The van der Waals surface area contributed by atoms with Crippen LogP contribution in [0.25, 0.3) is 0 Å². The van der Waals surface area contributed by atoms with Crippen molar-refractivity contribution >= 4 is 35.3 Å². The van der Waals surface area contributed by atoms with E-state index in [1.807, 2.05) is 29.2 Å². The number of amides is 1. The number of benzene rings is 1. The number of carbonyl (C=O) groups is 3. The minimum absolute atomic E-state index is 0.160.